The molecule has 0 amide bonds. The van der Waals surface area contributed by atoms with E-state index in [-0.39, 0.29) is 0 Å². The lowest BCUT2D eigenvalue weighted by Gasteiger charge is -2.08. The highest BCUT2D eigenvalue weighted by molar-refractivity contribution is 6.72. The Balaban J connectivity index is 2.37. The molecule has 2 rings (SSSR count). The van der Waals surface area contributed by atoms with Gasteiger partial charge < -0.3 is 17.7 Å². The number of rotatable bonds is 3. The van der Waals surface area contributed by atoms with Crippen molar-refractivity contribution in [2.75, 3.05) is 7.11 Å². The summed E-state index contributed by atoms with van der Waals surface area (Å²) in [4.78, 5) is 0. The third-order valence-corrected chi connectivity index (χ3v) is 2.16. The van der Waals surface area contributed by atoms with E-state index in [9.17, 15) is 12.9 Å². The first-order valence-corrected chi connectivity index (χ1v) is 4.77. The molecule has 0 radical (unpaired) electrons. The minimum atomic E-state index is -5.12. The Labute approximate surface area is 95.1 Å². The quantitative estimate of drug-likeness (QED) is 0.762. The maximum absolute atomic E-state index is 12.4. The molecule has 0 aliphatic rings. The van der Waals surface area contributed by atoms with Crippen molar-refractivity contribution in [3.8, 4) is 11.4 Å². The van der Waals surface area contributed by atoms with Gasteiger partial charge in [0, 0.05) is 17.9 Å². The topological polar surface area (TPSA) is 39.9 Å². The fourth-order valence-electron chi connectivity index (χ4n) is 1.31. The average Bonchev–Trinajstić information content (AvgIpc) is 2.78. The molecule has 1 aromatic heterocycles. The van der Waals surface area contributed by atoms with E-state index in [1.165, 1.54) is 7.11 Å². The van der Waals surface area contributed by atoms with Gasteiger partial charge in [-0.2, -0.15) is 5.10 Å². The molecule has 0 aliphatic heterocycles. The van der Waals surface area contributed by atoms with Gasteiger partial charge in [0.05, 0.1) is 12.8 Å². The van der Waals surface area contributed by atoms with Crippen molar-refractivity contribution >= 4 is 12.6 Å². The standard InChI is InChI=1S/C9H8BF3N3O/c1-17-8-4-2-3-7(5-8)16-6-9(14-15-16)10(11,12)13/h2-6H,1H3/q-1. The van der Waals surface area contributed by atoms with Gasteiger partial charge in [0.25, 0.3) is 0 Å². The van der Waals surface area contributed by atoms with Crippen molar-refractivity contribution in [1.29, 1.82) is 0 Å². The number of methoxy groups -OCH3 is 1. The van der Waals surface area contributed by atoms with E-state index >= 15 is 0 Å². The first-order valence-electron chi connectivity index (χ1n) is 4.77. The summed E-state index contributed by atoms with van der Waals surface area (Å²) in [5.74, 6) is 0.539. The Morgan fingerprint density at radius 1 is 1.29 bits per heavy atom. The molecule has 8 heteroatoms. The van der Waals surface area contributed by atoms with E-state index in [1.54, 1.807) is 24.3 Å². The summed E-state index contributed by atoms with van der Waals surface area (Å²) < 4.78 is 43.2. The molecule has 0 spiro atoms. The maximum atomic E-state index is 12.4. The Morgan fingerprint density at radius 3 is 2.65 bits per heavy atom. The summed E-state index contributed by atoms with van der Waals surface area (Å²) in [6.07, 6.45) is 0.856. The Kier molecular flexibility index (Phi) is 2.78. The fourth-order valence-corrected chi connectivity index (χ4v) is 1.31. The molecule has 1 heterocycles. The summed E-state index contributed by atoms with van der Waals surface area (Å²) in [7, 11) is 1.48. The minimum absolute atomic E-state index is 0.461. The SMILES string of the molecule is COc1cccc(-n2cc([B-](F)(F)F)nn2)c1. The summed E-state index contributed by atoms with van der Waals surface area (Å²) >= 11 is 0. The molecule has 0 unspecified atom stereocenters. The van der Waals surface area contributed by atoms with Crippen LogP contribution in [0.3, 0.4) is 0 Å². The van der Waals surface area contributed by atoms with E-state index < -0.39 is 12.6 Å². The second-order valence-corrected chi connectivity index (χ2v) is 3.36. The maximum Gasteiger partial charge on any atom is 0.531 e. The van der Waals surface area contributed by atoms with E-state index in [2.05, 4.69) is 10.3 Å². The van der Waals surface area contributed by atoms with Gasteiger partial charge in [-0.3, -0.25) is 0 Å². The van der Waals surface area contributed by atoms with E-state index in [4.69, 9.17) is 4.74 Å². The smallest absolute Gasteiger partial charge is 0.497 e. The average molecular weight is 242 g/mol. The van der Waals surface area contributed by atoms with E-state index in [0.717, 1.165) is 10.9 Å². The molecule has 0 saturated carbocycles. The molecular weight excluding hydrogens is 234 g/mol. The molecular formula is C9H8BF3N3O-. The number of nitrogens with zero attached hydrogens (tertiary/aromatic N) is 3. The molecule has 1 aromatic carbocycles. The Hall–Kier alpha value is -1.99. The minimum Gasteiger partial charge on any atom is -0.497 e. The van der Waals surface area contributed by atoms with E-state index in [1.807, 2.05) is 0 Å². The zero-order chi connectivity index (χ0) is 12.5. The van der Waals surface area contributed by atoms with Crippen molar-refractivity contribution < 1.29 is 17.7 Å². The number of hydrogen-bond acceptors (Lipinski definition) is 3. The van der Waals surface area contributed by atoms with Crippen LogP contribution in [0.4, 0.5) is 12.9 Å². The third kappa shape index (κ3) is 2.40. The van der Waals surface area contributed by atoms with Crippen molar-refractivity contribution in [3.63, 3.8) is 0 Å². The van der Waals surface area contributed by atoms with Gasteiger partial charge in [-0.15, -0.1) is 0 Å². The summed E-state index contributed by atoms with van der Waals surface area (Å²) in [6.45, 7) is -5.12. The van der Waals surface area contributed by atoms with Crippen LogP contribution in [0, 0.1) is 0 Å². The van der Waals surface area contributed by atoms with Crippen molar-refractivity contribution in [1.82, 2.24) is 15.0 Å². The highest BCUT2D eigenvalue weighted by Gasteiger charge is 2.29. The third-order valence-electron chi connectivity index (χ3n) is 2.16. The van der Waals surface area contributed by atoms with Crippen LogP contribution in [-0.2, 0) is 0 Å². The predicted octanol–water partition coefficient (Wildman–Crippen LogP) is 1.33. The molecule has 2 aromatic rings. The lowest BCUT2D eigenvalue weighted by molar-refractivity contribution is 0.414. The molecule has 0 N–H and O–H groups in total. The number of aromatic nitrogens is 3. The van der Waals surface area contributed by atoms with Gasteiger partial charge in [-0.1, -0.05) is 11.3 Å². The lowest BCUT2D eigenvalue weighted by Crippen LogP contribution is -2.35. The highest BCUT2D eigenvalue weighted by Crippen LogP contribution is 2.15. The summed E-state index contributed by atoms with van der Waals surface area (Å²) in [5.41, 5.74) is -0.504. The number of halogens is 3. The predicted molar refractivity (Wildman–Crippen MR) is 56.6 cm³/mol. The van der Waals surface area contributed by atoms with Crippen molar-refractivity contribution in [2.24, 2.45) is 0 Å². The molecule has 0 aliphatic carbocycles. The fraction of sp³-hybridized carbons (Fsp3) is 0.111. The summed E-state index contributed by atoms with van der Waals surface area (Å²) in [5, 5.41) is 6.53. The van der Waals surface area contributed by atoms with Gasteiger partial charge in [-0.05, 0) is 12.1 Å². The van der Waals surface area contributed by atoms with Crippen molar-refractivity contribution in [2.45, 2.75) is 0 Å². The van der Waals surface area contributed by atoms with E-state index in [0.29, 0.717) is 11.4 Å². The van der Waals surface area contributed by atoms with Gasteiger partial charge in [0.15, 0.2) is 0 Å². The zero-order valence-corrected chi connectivity index (χ0v) is 8.85. The number of ether oxygens (including phenoxy) is 1. The van der Waals surface area contributed by atoms with Crippen LogP contribution in [0.5, 0.6) is 5.75 Å². The highest BCUT2D eigenvalue weighted by atomic mass is 19.4. The van der Waals surface area contributed by atoms with Crippen LogP contribution >= 0.6 is 0 Å². The van der Waals surface area contributed by atoms with Crippen LogP contribution in [0.2, 0.25) is 0 Å². The number of benzene rings is 1. The molecule has 17 heavy (non-hydrogen) atoms. The monoisotopic (exact) mass is 242 g/mol. The van der Waals surface area contributed by atoms with Gasteiger partial charge in [0.2, 0.25) is 0 Å². The first kappa shape index (κ1) is 11.5. The van der Waals surface area contributed by atoms with Gasteiger partial charge in [0.1, 0.15) is 5.75 Å². The largest absolute Gasteiger partial charge is 0.531 e. The second-order valence-electron chi connectivity index (χ2n) is 3.36. The van der Waals surface area contributed by atoms with Crippen LogP contribution in [0.1, 0.15) is 0 Å². The van der Waals surface area contributed by atoms with Crippen LogP contribution < -0.4 is 10.3 Å². The zero-order valence-electron chi connectivity index (χ0n) is 8.85. The molecule has 0 fully saturated rings. The van der Waals surface area contributed by atoms with Crippen LogP contribution in [0.25, 0.3) is 5.69 Å². The lowest BCUT2D eigenvalue weighted by atomic mass is 9.87. The Bertz CT molecular complexity index is 526. The molecule has 0 saturated heterocycles. The van der Waals surface area contributed by atoms with Gasteiger partial charge >= 0.3 is 6.98 Å². The van der Waals surface area contributed by atoms with Crippen LogP contribution in [-0.4, -0.2) is 29.1 Å². The van der Waals surface area contributed by atoms with Crippen LogP contribution in [0.15, 0.2) is 30.5 Å². The molecule has 0 bridgehead atoms. The molecule has 90 valence electrons. The summed E-state index contributed by atoms with van der Waals surface area (Å²) in [6, 6.07) is 6.54. The number of hydrogen-bond donors (Lipinski definition) is 0. The molecule has 4 nitrogen and oxygen atoms in total. The van der Waals surface area contributed by atoms with Gasteiger partial charge in [-0.25, -0.2) is 4.68 Å². The molecule has 0 atom stereocenters. The first-order chi connectivity index (χ1) is 8.00. The van der Waals surface area contributed by atoms with Crippen molar-refractivity contribution in [3.05, 3.63) is 30.5 Å². The normalized spacial score (nSPS) is 11.5. The Morgan fingerprint density at radius 2 is 2.06 bits per heavy atom. The second kappa shape index (κ2) is 4.12.